The van der Waals surface area contributed by atoms with Crippen LogP contribution in [0.4, 0.5) is 0 Å². The molecule has 22 heavy (non-hydrogen) atoms. The molecule has 0 aliphatic carbocycles. The second-order valence-corrected chi connectivity index (χ2v) is 5.81. The molecule has 114 valence electrons. The van der Waals surface area contributed by atoms with Crippen molar-refractivity contribution in [3.63, 3.8) is 0 Å². The molecule has 0 bridgehead atoms. The van der Waals surface area contributed by atoms with Gasteiger partial charge in [-0.25, -0.2) is 4.68 Å². The van der Waals surface area contributed by atoms with Gasteiger partial charge in [0.1, 0.15) is 5.78 Å². The average Bonchev–Trinajstić information content (AvgIpc) is 3.10. The summed E-state index contributed by atoms with van der Waals surface area (Å²) < 4.78 is 4.12. The van der Waals surface area contributed by atoms with Gasteiger partial charge in [-0.15, -0.1) is 0 Å². The fourth-order valence-electron chi connectivity index (χ4n) is 2.83. The molecule has 1 aromatic carbocycles. The van der Waals surface area contributed by atoms with Crippen LogP contribution in [-0.4, -0.2) is 20.1 Å². The summed E-state index contributed by atoms with van der Waals surface area (Å²) in [5.41, 5.74) is 3.50. The maximum Gasteiger partial charge on any atom is 0.129 e. The number of fused-ring (bicyclic) bond motifs is 1. The Kier molecular flexibility index (Phi) is 4.09. The van der Waals surface area contributed by atoms with Gasteiger partial charge in [0.2, 0.25) is 0 Å². The van der Waals surface area contributed by atoms with Gasteiger partial charge in [-0.1, -0.05) is 0 Å². The summed E-state index contributed by atoms with van der Waals surface area (Å²) in [6.07, 6.45) is 7.48. The molecule has 3 rings (SSSR count). The highest BCUT2D eigenvalue weighted by Crippen LogP contribution is 2.20. The van der Waals surface area contributed by atoms with E-state index in [9.17, 15) is 4.79 Å². The number of unbranched alkanes of at least 4 members (excludes halogenated alkanes) is 1. The van der Waals surface area contributed by atoms with Crippen molar-refractivity contribution in [1.29, 1.82) is 0 Å². The zero-order valence-electron chi connectivity index (χ0n) is 13.1. The highest BCUT2D eigenvalue weighted by atomic mass is 16.1. The standard InChI is InChI=1S/C18H21N3O/c1-14(22)5-3-4-6-16-9-11-19-21(16)17-7-8-18-15(13-17)10-12-20(18)2/h7-13H,3-6H2,1-2H3. The van der Waals surface area contributed by atoms with Gasteiger partial charge in [-0.2, -0.15) is 5.10 Å². The molecule has 2 aromatic heterocycles. The second-order valence-electron chi connectivity index (χ2n) is 5.81. The minimum atomic E-state index is 0.267. The first kappa shape index (κ1) is 14.6. The van der Waals surface area contributed by atoms with E-state index in [0.717, 1.165) is 24.9 Å². The number of carbonyl (C=O) groups is 1. The maximum atomic E-state index is 11.0. The van der Waals surface area contributed by atoms with Crippen LogP contribution in [0.2, 0.25) is 0 Å². The van der Waals surface area contributed by atoms with E-state index in [4.69, 9.17) is 0 Å². The molecule has 0 amide bonds. The first-order valence-electron chi connectivity index (χ1n) is 7.73. The number of hydrogen-bond donors (Lipinski definition) is 0. The number of aryl methyl sites for hydroxylation is 2. The predicted octanol–water partition coefficient (Wildman–Crippen LogP) is 3.67. The van der Waals surface area contributed by atoms with Crippen molar-refractivity contribution >= 4 is 16.7 Å². The van der Waals surface area contributed by atoms with Gasteiger partial charge in [-0.05, 0) is 56.5 Å². The minimum absolute atomic E-state index is 0.267. The molecule has 4 nitrogen and oxygen atoms in total. The largest absolute Gasteiger partial charge is 0.351 e. The normalized spacial score (nSPS) is 11.2. The molecule has 3 aromatic rings. The monoisotopic (exact) mass is 295 g/mol. The number of rotatable bonds is 6. The van der Waals surface area contributed by atoms with Gasteiger partial charge in [0.25, 0.3) is 0 Å². The maximum absolute atomic E-state index is 11.0. The Morgan fingerprint density at radius 2 is 2.05 bits per heavy atom. The summed E-state index contributed by atoms with van der Waals surface area (Å²) in [5, 5.41) is 5.68. The van der Waals surface area contributed by atoms with Crippen LogP contribution in [-0.2, 0) is 18.3 Å². The van der Waals surface area contributed by atoms with Crippen molar-refractivity contribution in [3.05, 3.63) is 48.4 Å². The number of aromatic nitrogens is 3. The van der Waals surface area contributed by atoms with Gasteiger partial charge in [0.15, 0.2) is 0 Å². The third-order valence-electron chi connectivity index (χ3n) is 4.05. The second kappa shape index (κ2) is 6.18. The first-order valence-corrected chi connectivity index (χ1v) is 7.73. The number of carbonyl (C=O) groups excluding carboxylic acids is 1. The van der Waals surface area contributed by atoms with E-state index >= 15 is 0 Å². The van der Waals surface area contributed by atoms with E-state index in [0.29, 0.717) is 6.42 Å². The molecule has 0 saturated carbocycles. The van der Waals surface area contributed by atoms with Gasteiger partial charge in [-0.3, -0.25) is 0 Å². The van der Waals surface area contributed by atoms with Crippen molar-refractivity contribution in [2.75, 3.05) is 0 Å². The van der Waals surface area contributed by atoms with E-state index < -0.39 is 0 Å². The van der Waals surface area contributed by atoms with Crippen molar-refractivity contribution in [1.82, 2.24) is 14.3 Å². The van der Waals surface area contributed by atoms with E-state index in [1.54, 1.807) is 6.92 Å². The number of nitrogens with zero attached hydrogens (tertiary/aromatic N) is 3. The predicted molar refractivity (Wildman–Crippen MR) is 88.3 cm³/mol. The quantitative estimate of drug-likeness (QED) is 0.651. The Labute approximate surface area is 130 Å². The molecule has 0 spiro atoms. The molecule has 0 atom stereocenters. The van der Waals surface area contributed by atoms with Crippen molar-refractivity contribution in [2.24, 2.45) is 7.05 Å². The van der Waals surface area contributed by atoms with Crippen LogP contribution in [0.1, 0.15) is 31.9 Å². The zero-order chi connectivity index (χ0) is 15.5. The third kappa shape index (κ3) is 2.96. The fraction of sp³-hybridized carbons (Fsp3) is 0.333. The van der Waals surface area contributed by atoms with Crippen LogP contribution in [0.25, 0.3) is 16.6 Å². The SMILES string of the molecule is CC(=O)CCCCc1ccnn1-c1ccc2c(ccn2C)c1. The number of Topliss-reactive ketones (excluding diaryl/α,β-unsaturated/α-hetero) is 1. The molecule has 4 heteroatoms. The van der Waals surface area contributed by atoms with Gasteiger partial charge in [0.05, 0.1) is 5.69 Å². The van der Waals surface area contributed by atoms with Gasteiger partial charge in [0, 0.05) is 42.5 Å². The fourth-order valence-corrected chi connectivity index (χ4v) is 2.83. The van der Waals surface area contributed by atoms with Crippen LogP contribution in [0.3, 0.4) is 0 Å². The lowest BCUT2D eigenvalue weighted by Gasteiger charge is -2.08. The van der Waals surface area contributed by atoms with Crippen molar-refractivity contribution in [2.45, 2.75) is 32.6 Å². The van der Waals surface area contributed by atoms with Crippen molar-refractivity contribution in [3.8, 4) is 5.69 Å². The highest BCUT2D eigenvalue weighted by Gasteiger charge is 2.07. The smallest absolute Gasteiger partial charge is 0.129 e. The van der Waals surface area contributed by atoms with Crippen LogP contribution in [0, 0.1) is 0 Å². The molecular weight excluding hydrogens is 274 g/mol. The summed E-state index contributed by atoms with van der Waals surface area (Å²) in [5.74, 6) is 0.267. The van der Waals surface area contributed by atoms with Crippen LogP contribution >= 0.6 is 0 Å². The molecule has 0 saturated heterocycles. The lowest BCUT2D eigenvalue weighted by Crippen LogP contribution is -2.02. The van der Waals surface area contributed by atoms with Crippen LogP contribution in [0.15, 0.2) is 42.7 Å². The summed E-state index contributed by atoms with van der Waals surface area (Å²) in [7, 11) is 2.05. The van der Waals surface area contributed by atoms with Crippen molar-refractivity contribution < 1.29 is 4.79 Å². The molecule has 0 unspecified atom stereocenters. The third-order valence-corrected chi connectivity index (χ3v) is 4.05. The molecule has 0 aliphatic rings. The Balaban J connectivity index is 1.79. The Morgan fingerprint density at radius 3 is 2.86 bits per heavy atom. The minimum Gasteiger partial charge on any atom is -0.351 e. The Hall–Kier alpha value is -2.36. The lowest BCUT2D eigenvalue weighted by molar-refractivity contribution is -0.117. The molecular formula is C18H21N3O. The summed E-state index contributed by atoms with van der Waals surface area (Å²) in [6, 6.07) is 10.6. The topological polar surface area (TPSA) is 39.8 Å². The molecule has 0 aliphatic heterocycles. The van der Waals surface area contributed by atoms with E-state index in [-0.39, 0.29) is 5.78 Å². The van der Waals surface area contributed by atoms with E-state index in [1.807, 2.05) is 10.9 Å². The van der Waals surface area contributed by atoms with Gasteiger partial charge < -0.3 is 9.36 Å². The molecule has 0 N–H and O–H groups in total. The summed E-state index contributed by atoms with van der Waals surface area (Å²) in [4.78, 5) is 11.0. The first-order chi connectivity index (χ1) is 10.6. The summed E-state index contributed by atoms with van der Waals surface area (Å²) in [6.45, 7) is 1.65. The van der Waals surface area contributed by atoms with Gasteiger partial charge >= 0.3 is 0 Å². The molecule has 0 radical (unpaired) electrons. The molecule has 2 heterocycles. The lowest BCUT2D eigenvalue weighted by atomic mass is 10.1. The van der Waals surface area contributed by atoms with Crippen LogP contribution in [0.5, 0.6) is 0 Å². The van der Waals surface area contributed by atoms with E-state index in [1.165, 1.54) is 16.6 Å². The van der Waals surface area contributed by atoms with E-state index in [2.05, 4.69) is 53.2 Å². The molecule has 0 fully saturated rings. The average molecular weight is 295 g/mol. The highest BCUT2D eigenvalue weighted by molar-refractivity contribution is 5.82. The van der Waals surface area contributed by atoms with Crippen LogP contribution < -0.4 is 0 Å². The zero-order valence-corrected chi connectivity index (χ0v) is 13.1. The number of hydrogen-bond acceptors (Lipinski definition) is 2. The number of benzene rings is 1. The Morgan fingerprint density at radius 1 is 1.18 bits per heavy atom. The number of ketones is 1. The summed E-state index contributed by atoms with van der Waals surface area (Å²) >= 11 is 0. The Bertz CT molecular complexity index is 798.